The van der Waals surface area contributed by atoms with Crippen molar-refractivity contribution in [1.82, 2.24) is 9.97 Å². The van der Waals surface area contributed by atoms with Gasteiger partial charge in [-0.25, -0.2) is 0 Å². The third-order valence-electron chi connectivity index (χ3n) is 4.90. The number of methoxy groups -OCH3 is 2. The molecule has 1 heterocycles. The Morgan fingerprint density at radius 1 is 0.829 bits per heavy atom. The Bertz CT molecular complexity index is 1070. The summed E-state index contributed by atoms with van der Waals surface area (Å²) in [7, 11) is 3.30. The molecule has 7 nitrogen and oxygen atoms in total. The molecular formula is C27H30N4O3S. The Morgan fingerprint density at radius 2 is 1.34 bits per heavy atom. The molecule has 0 bridgehead atoms. The Morgan fingerprint density at radius 3 is 1.80 bits per heavy atom. The van der Waals surface area contributed by atoms with Gasteiger partial charge in [0.15, 0.2) is 5.17 Å². The minimum absolute atomic E-state index is 0.138. The molecule has 0 unspecified atom stereocenters. The minimum Gasteiger partial charge on any atom is -0.497 e. The van der Waals surface area contributed by atoms with Gasteiger partial charge in [0, 0.05) is 5.75 Å². The average Bonchev–Trinajstić information content (AvgIpc) is 2.88. The molecule has 0 radical (unpaired) electrons. The summed E-state index contributed by atoms with van der Waals surface area (Å²) in [6.45, 7) is 0.492. The SMILES string of the molecule is COc1ccc(/C=C/c2cc(/C=C/c3ccc(OC)cc3)nc(OCCCCSC(=N)N)n2)cc1. The van der Waals surface area contributed by atoms with Gasteiger partial charge in [0.1, 0.15) is 11.5 Å². The van der Waals surface area contributed by atoms with Gasteiger partial charge in [0.25, 0.3) is 0 Å². The van der Waals surface area contributed by atoms with E-state index >= 15 is 0 Å². The smallest absolute Gasteiger partial charge is 0.317 e. The summed E-state index contributed by atoms with van der Waals surface area (Å²) in [4.78, 5) is 9.10. The van der Waals surface area contributed by atoms with Crippen LogP contribution in [0.3, 0.4) is 0 Å². The fourth-order valence-electron chi connectivity index (χ4n) is 3.04. The van der Waals surface area contributed by atoms with Crippen LogP contribution in [-0.2, 0) is 0 Å². The van der Waals surface area contributed by atoms with Crippen molar-refractivity contribution in [3.05, 3.63) is 77.1 Å². The van der Waals surface area contributed by atoms with Gasteiger partial charge in [-0.1, -0.05) is 48.2 Å². The van der Waals surface area contributed by atoms with Crippen LogP contribution in [0.25, 0.3) is 24.3 Å². The number of aromatic nitrogens is 2. The lowest BCUT2D eigenvalue weighted by Gasteiger charge is -2.07. The van der Waals surface area contributed by atoms with Crippen molar-refractivity contribution in [2.45, 2.75) is 12.8 Å². The second kappa shape index (κ2) is 13.8. The molecule has 0 aliphatic rings. The van der Waals surface area contributed by atoms with E-state index in [1.54, 1.807) is 14.2 Å². The summed E-state index contributed by atoms with van der Waals surface area (Å²) in [5.41, 5.74) is 8.92. The summed E-state index contributed by atoms with van der Waals surface area (Å²) < 4.78 is 16.3. The third kappa shape index (κ3) is 9.17. The molecule has 0 amide bonds. The molecule has 35 heavy (non-hydrogen) atoms. The number of nitrogens with zero attached hydrogens (tertiary/aromatic N) is 2. The topological polar surface area (TPSA) is 103 Å². The number of rotatable bonds is 12. The van der Waals surface area contributed by atoms with Crippen LogP contribution in [0.5, 0.6) is 17.5 Å². The highest BCUT2D eigenvalue weighted by Gasteiger charge is 2.04. The lowest BCUT2D eigenvalue weighted by Crippen LogP contribution is -2.06. The summed E-state index contributed by atoms with van der Waals surface area (Å²) >= 11 is 1.34. The number of ether oxygens (including phenoxy) is 3. The predicted molar refractivity (Wildman–Crippen MR) is 145 cm³/mol. The van der Waals surface area contributed by atoms with Crippen molar-refractivity contribution in [2.24, 2.45) is 5.73 Å². The lowest BCUT2D eigenvalue weighted by molar-refractivity contribution is 0.285. The lowest BCUT2D eigenvalue weighted by atomic mass is 10.1. The quantitative estimate of drug-likeness (QED) is 0.193. The Hall–Kier alpha value is -3.78. The Labute approximate surface area is 210 Å². The van der Waals surface area contributed by atoms with E-state index in [9.17, 15) is 0 Å². The van der Waals surface area contributed by atoms with Gasteiger partial charge < -0.3 is 19.9 Å². The first kappa shape index (κ1) is 25.8. The van der Waals surface area contributed by atoms with Crippen molar-refractivity contribution in [1.29, 1.82) is 5.41 Å². The number of thioether (sulfide) groups is 1. The maximum absolute atomic E-state index is 7.26. The molecule has 1 aromatic heterocycles. The van der Waals surface area contributed by atoms with Gasteiger partial charge in [-0.2, -0.15) is 9.97 Å². The van der Waals surface area contributed by atoms with Crippen molar-refractivity contribution in [2.75, 3.05) is 26.6 Å². The van der Waals surface area contributed by atoms with Crippen molar-refractivity contribution in [3.63, 3.8) is 0 Å². The first-order valence-electron chi connectivity index (χ1n) is 11.2. The van der Waals surface area contributed by atoms with Crippen molar-refractivity contribution in [3.8, 4) is 17.5 Å². The number of nitrogens with two attached hydrogens (primary N) is 1. The standard InChI is InChI=1S/C27H30N4O3S/c1-32-24-13-7-20(8-14-24)5-11-22-19-23(12-6-21-9-15-25(33-2)16-10-21)31-27(30-22)34-17-3-4-18-35-26(28)29/h5-16,19H,3-4,17-18H2,1-2H3,(H3,28,29)/b11-5+,12-6+. The van der Waals surface area contributed by atoms with Crippen LogP contribution in [-0.4, -0.2) is 41.7 Å². The molecule has 0 spiro atoms. The van der Waals surface area contributed by atoms with E-state index in [1.807, 2.05) is 78.9 Å². The van der Waals surface area contributed by atoms with Gasteiger partial charge in [-0.3, -0.25) is 5.41 Å². The van der Waals surface area contributed by atoms with E-state index in [4.69, 9.17) is 25.4 Å². The maximum atomic E-state index is 7.26. The number of benzene rings is 2. The second-order valence-corrected chi connectivity index (χ2v) is 8.62. The van der Waals surface area contributed by atoms with Crippen molar-refractivity contribution < 1.29 is 14.2 Å². The van der Waals surface area contributed by atoms with E-state index in [-0.39, 0.29) is 5.17 Å². The molecule has 0 aliphatic carbocycles. The molecule has 8 heteroatoms. The summed E-state index contributed by atoms with van der Waals surface area (Å²) in [6.07, 6.45) is 9.57. The van der Waals surface area contributed by atoms with E-state index < -0.39 is 0 Å². The Kier molecular flexibility index (Phi) is 10.2. The fourth-order valence-corrected chi connectivity index (χ4v) is 3.61. The zero-order valence-corrected chi connectivity index (χ0v) is 20.8. The second-order valence-electron chi connectivity index (χ2n) is 7.48. The molecule has 0 aliphatic heterocycles. The molecule has 3 aromatic rings. The van der Waals surface area contributed by atoms with Gasteiger partial charge in [0.05, 0.1) is 32.2 Å². The third-order valence-corrected chi connectivity index (χ3v) is 5.70. The molecule has 3 N–H and O–H groups in total. The van der Waals surface area contributed by atoms with Gasteiger partial charge in [0.2, 0.25) is 0 Å². The molecule has 0 atom stereocenters. The number of hydrogen-bond acceptors (Lipinski definition) is 7. The fraction of sp³-hybridized carbons (Fsp3) is 0.222. The molecule has 0 fully saturated rings. The molecule has 182 valence electrons. The largest absolute Gasteiger partial charge is 0.497 e. The highest BCUT2D eigenvalue weighted by atomic mass is 32.2. The van der Waals surface area contributed by atoms with Crippen molar-refractivity contribution >= 4 is 41.2 Å². The molecule has 3 rings (SSSR count). The van der Waals surface area contributed by atoms with E-state index in [2.05, 4.69) is 9.97 Å². The van der Waals surface area contributed by atoms with Gasteiger partial charge in [-0.15, -0.1) is 0 Å². The van der Waals surface area contributed by atoms with E-state index in [0.717, 1.165) is 52.6 Å². The summed E-state index contributed by atoms with van der Waals surface area (Å²) in [6, 6.07) is 17.8. The van der Waals surface area contributed by atoms with Crippen LogP contribution in [0, 0.1) is 5.41 Å². The average molecular weight is 491 g/mol. The van der Waals surface area contributed by atoms with Crippen LogP contribution < -0.4 is 19.9 Å². The highest BCUT2D eigenvalue weighted by molar-refractivity contribution is 8.13. The van der Waals surface area contributed by atoms with Crippen LogP contribution >= 0.6 is 11.8 Å². The molecule has 0 saturated heterocycles. The maximum Gasteiger partial charge on any atom is 0.317 e. The first-order valence-corrected chi connectivity index (χ1v) is 12.2. The number of amidine groups is 1. The number of hydrogen-bond donors (Lipinski definition) is 2. The van der Waals surface area contributed by atoms with Gasteiger partial charge in [-0.05, 0) is 66.5 Å². The first-order chi connectivity index (χ1) is 17.1. The van der Waals surface area contributed by atoms with Crippen LogP contribution in [0.15, 0.2) is 54.6 Å². The number of nitrogens with one attached hydrogen (secondary N) is 1. The van der Waals surface area contributed by atoms with Gasteiger partial charge >= 0.3 is 6.01 Å². The molecule has 0 saturated carbocycles. The Balaban J connectivity index is 1.73. The highest BCUT2D eigenvalue weighted by Crippen LogP contribution is 2.18. The predicted octanol–water partition coefficient (Wildman–Crippen LogP) is 5.62. The monoisotopic (exact) mass is 490 g/mol. The van der Waals surface area contributed by atoms with E-state index in [0.29, 0.717) is 12.6 Å². The van der Waals surface area contributed by atoms with Crippen LogP contribution in [0.2, 0.25) is 0 Å². The van der Waals surface area contributed by atoms with Crippen LogP contribution in [0.4, 0.5) is 0 Å². The zero-order chi connectivity index (χ0) is 24.9. The number of unbranched alkanes of at least 4 members (excludes halogenated alkanes) is 1. The normalized spacial score (nSPS) is 11.1. The zero-order valence-electron chi connectivity index (χ0n) is 19.9. The molecular weight excluding hydrogens is 460 g/mol. The van der Waals surface area contributed by atoms with E-state index in [1.165, 1.54) is 11.8 Å². The summed E-state index contributed by atoms with van der Waals surface area (Å²) in [5, 5.41) is 7.40. The molecule has 2 aromatic carbocycles. The minimum atomic E-state index is 0.138. The summed E-state index contributed by atoms with van der Waals surface area (Å²) in [5.74, 6) is 2.42. The van der Waals surface area contributed by atoms with Crippen LogP contribution in [0.1, 0.15) is 35.4 Å².